The third-order valence-corrected chi connectivity index (χ3v) is 5.22. The second kappa shape index (κ2) is 8.52. The minimum Gasteiger partial charge on any atom is -0.482 e. The number of anilines is 1. The number of amides is 2. The zero-order chi connectivity index (χ0) is 19.4. The summed E-state index contributed by atoms with van der Waals surface area (Å²) in [6.45, 7) is 7.46. The Balaban J connectivity index is 1.88. The second-order valence-electron chi connectivity index (χ2n) is 6.58. The molecule has 27 heavy (non-hydrogen) atoms. The highest BCUT2D eigenvalue weighted by molar-refractivity contribution is 7.09. The molecule has 0 radical (unpaired) electrons. The molecule has 3 rings (SSSR count). The highest BCUT2D eigenvalue weighted by Crippen LogP contribution is 2.36. The van der Waals surface area contributed by atoms with E-state index in [1.807, 2.05) is 49.3 Å². The summed E-state index contributed by atoms with van der Waals surface area (Å²) >= 11 is 1.58. The van der Waals surface area contributed by atoms with Crippen molar-refractivity contribution in [3.8, 4) is 17.0 Å². The number of benzene rings is 1. The lowest BCUT2D eigenvalue weighted by molar-refractivity contribution is -0.132. The van der Waals surface area contributed by atoms with Gasteiger partial charge in [0.2, 0.25) is 5.91 Å². The van der Waals surface area contributed by atoms with Gasteiger partial charge in [0, 0.05) is 24.0 Å². The molecule has 1 aromatic carbocycles. The maximum Gasteiger partial charge on any atom is 0.265 e. The molecule has 2 aromatic rings. The summed E-state index contributed by atoms with van der Waals surface area (Å²) in [5.41, 5.74) is 2.41. The van der Waals surface area contributed by atoms with Crippen molar-refractivity contribution in [3.05, 3.63) is 28.6 Å². The van der Waals surface area contributed by atoms with E-state index in [9.17, 15) is 9.59 Å². The molecule has 0 atom stereocenters. The van der Waals surface area contributed by atoms with Crippen molar-refractivity contribution in [2.45, 2.75) is 33.6 Å². The Hall–Kier alpha value is -2.41. The van der Waals surface area contributed by atoms with Crippen molar-refractivity contribution in [1.82, 2.24) is 9.88 Å². The first-order chi connectivity index (χ1) is 13.0. The van der Waals surface area contributed by atoms with Crippen LogP contribution < -0.4 is 9.64 Å². The quantitative estimate of drug-likeness (QED) is 0.730. The summed E-state index contributed by atoms with van der Waals surface area (Å²) in [6.07, 6.45) is 1.79. The smallest absolute Gasteiger partial charge is 0.265 e. The van der Waals surface area contributed by atoms with E-state index in [-0.39, 0.29) is 25.0 Å². The fraction of sp³-hybridized carbons (Fsp3) is 0.450. The number of aromatic nitrogens is 1. The van der Waals surface area contributed by atoms with Crippen LogP contribution >= 0.6 is 11.3 Å². The Morgan fingerprint density at radius 1 is 1.30 bits per heavy atom. The van der Waals surface area contributed by atoms with Crippen LogP contribution in [0.4, 0.5) is 5.69 Å². The Morgan fingerprint density at radius 3 is 2.67 bits per heavy atom. The monoisotopic (exact) mass is 387 g/mol. The Morgan fingerprint density at radius 2 is 2.04 bits per heavy atom. The van der Waals surface area contributed by atoms with E-state index in [0.717, 1.165) is 29.1 Å². The minimum atomic E-state index is -0.199. The van der Waals surface area contributed by atoms with E-state index in [1.54, 1.807) is 16.2 Å². The van der Waals surface area contributed by atoms with Crippen LogP contribution in [0.2, 0.25) is 0 Å². The number of nitrogens with zero attached hydrogens (tertiary/aromatic N) is 3. The molecule has 0 spiro atoms. The van der Waals surface area contributed by atoms with Crippen molar-refractivity contribution in [2.75, 3.05) is 31.1 Å². The fourth-order valence-corrected chi connectivity index (χ4v) is 3.79. The van der Waals surface area contributed by atoms with Crippen molar-refractivity contribution in [2.24, 2.45) is 0 Å². The lowest BCUT2D eigenvalue weighted by atomic mass is 10.1. The number of carbonyl (C=O) groups is 2. The molecule has 0 bridgehead atoms. The summed E-state index contributed by atoms with van der Waals surface area (Å²) < 4.78 is 5.57. The number of aryl methyl sites for hydroxylation is 1. The van der Waals surface area contributed by atoms with E-state index in [4.69, 9.17) is 4.74 Å². The van der Waals surface area contributed by atoms with Crippen LogP contribution in [0, 0.1) is 6.92 Å². The molecule has 0 N–H and O–H groups in total. The molecule has 1 aliphatic rings. The first-order valence-electron chi connectivity index (χ1n) is 9.31. The van der Waals surface area contributed by atoms with Crippen LogP contribution in [-0.2, 0) is 9.59 Å². The van der Waals surface area contributed by atoms with E-state index in [1.165, 1.54) is 0 Å². The molecule has 0 aliphatic carbocycles. The van der Waals surface area contributed by atoms with Crippen molar-refractivity contribution in [1.29, 1.82) is 0 Å². The molecule has 0 unspecified atom stereocenters. The minimum absolute atomic E-state index is 0.0326. The SMILES string of the molecule is CCCN(CCC)C(=O)CN1C(=O)COc2ccc(-c3csc(C)n3)cc21. The molecular weight excluding hydrogens is 362 g/mol. The summed E-state index contributed by atoms with van der Waals surface area (Å²) in [7, 11) is 0. The number of rotatable bonds is 7. The van der Waals surface area contributed by atoms with E-state index in [2.05, 4.69) is 4.98 Å². The molecule has 0 saturated carbocycles. The largest absolute Gasteiger partial charge is 0.482 e. The number of fused-ring (bicyclic) bond motifs is 1. The topological polar surface area (TPSA) is 62.7 Å². The molecule has 0 saturated heterocycles. The summed E-state index contributed by atoms with van der Waals surface area (Å²) in [4.78, 5) is 33.2. The lowest BCUT2D eigenvalue weighted by Crippen LogP contribution is -2.46. The average molecular weight is 388 g/mol. The van der Waals surface area contributed by atoms with Crippen molar-refractivity contribution in [3.63, 3.8) is 0 Å². The Bertz CT molecular complexity index is 828. The van der Waals surface area contributed by atoms with Gasteiger partial charge in [0.25, 0.3) is 5.91 Å². The average Bonchev–Trinajstić information content (AvgIpc) is 3.10. The van der Waals surface area contributed by atoms with Gasteiger partial charge in [-0.3, -0.25) is 14.5 Å². The number of hydrogen-bond donors (Lipinski definition) is 0. The van der Waals surface area contributed by atoms with Gasteiger partial charge < -0.3 is 9.64 Å². The van der Waals surface area contributed by atoms with Gasteiger partial charge in [0.1, 0.15) is 12.3 Å². The summed E-state index contributed by atoms with van der Waals surface area (Å²) in [5.74, 6) is 0.390. The zero-order valence-electron chi connectivity index (χ0n) is 16.0. The van der Waals surface area contributed by atoms with Crippen LogP contribution in [0.25, 0.3) is 11.3 Å². The van der Waals surface area contributed by atoms with Crippen LogP contribution in [0.3, 0.4) is 0 Å². The van der Waals surface area contributed by atoms with Gasteiger partial charge in [0.05, 0.1) is 16.4 Å². The molecule has 1 aliphatic heterocycles. The predicted octanol–water partition coefficient (Wildman–Crippen LogP) is 3.49. The lowest BCUT2D eigenvalue weighted by Gasteiger charge is -2.31. The second-order valence-corrected chi connectivity index (χ2v) is 7.65. The first-order valence-corrected chi connectivity index (χ1v) is 10.2. The molecule has 0 fully saturated rings. The molecule has 7 heteroatoms. The maximum absolute atomic E-state index is 12.8. The van der Waals surface area contributed by atoms with Gasteiger partial charge >= 0.3 is 0 Å². The van der Waals surface area contributed by atoms with Gasteiger partial charge in [-0.05, 0) is 38.0 Å². The van der Waals surface area contributed by atoms with Gasteiger partial charge in [-0.25, -0.2) is 4.98 Å². The van der Waals surface area contributed by atoms with Crippen molar-refractivity contribution < 1.29 is 14.3 Å². The van der Waals surface area contributed by atoms with E-state index >= 15 is 0 Å². The predicted molar refractivity (Wildman–Crippen MR) is 107 cm³/mol. The number of ether oxygens (including phenoxy) is 1. The van der Waals surface area contributed by atoms with Crippen LogP contribution in [0.5, 0.6) is 5.75 Å². The van der Waals surface area contributed by atoms with Crippen LogP contribution in [0.15, 0.2) is 23.6 Å². The molecule has 144 valence electrons. The number of thiazole rings is 1. The third kappa shape index (κ3) is 4.30. The maximum atomic E-state index is 12.8. The summed E-state index contributed by atoms with van der Waals surface area (Å²) in [6, 6.07) is 5.67. The normalized spacial score (nSPS) is 13.3. The highest BCUT2D eigenvalue weighted by atomic mass is 32.1. The number of hydrogen-bond acceptors (Lipinski definition) is 5. The summed E-state index contributed by atoms with van der Waals surface area (Å²) in [5, 5.41) is 2.97. The highest BCUT2D eigenvalue weighted by Gasteiger charge is 2.29. The van der Waals surface area contributed by atoms with Gasteiger partial charge in [-0.1, -0.05) is 13.8 Å². The third-order valence-electron chi connectivity index (χ3n) is 4.45. The molecule has 6 nitrogen and oxygen atoms in total. The molecular formula is C20H25N3O3S. The molecule has 1 aromatic heterocycles. The number of carbonyl (C=O) groups excluding carboxylic acids is 2. The molecule has 2 heterocycles. The van der Waals surface area contributed by atoms with E-state index in [0.29, 0.717) is 24.5 Å². The fourth-order valence-electron chi connectivity index (χ4n) is 3.17. The first kappa shape index (κ1) is 19.4. The molecule has 2 amide bonds. The van der Waals surface area contributed by atoms with Crippen LogP contribution in [0.1, 0.15) is 31.7 Å². The van der Waals surface area contributed by atoms with Gasteiger partial charge in [0.15, 0.2) is 6.61 Å². The Kier molecular flexibility index (Phi) is 6.11. The standard InChI is InChI=1S/C20H25N3O3S/c1-4-8-22(9-5-2)19(24)11-23-17-10-15(16-13-27-14(3)21-16)6-7-18(17)26-12-20(23)25/h6-7,10,13H,4-5,8-9,11-12H2,1-3H3. The van der Waals surface area contributed by atoms with Gasteiger partial charge in [-0.2, -0.15) is 0 Å². The van der Waals surface area contributed by atoms with E-state index < -0.39 is 0 Å². The zero-order valence-corrected chi connectivity index (χ0v) is 16.8. The van der Waals surface area contributed by atoms with Crippen molar-refractivity contribution >= 4 is 28.8 Å². The van der Waals surface area contributed by atoms with Crippen LogP contribution in [-0.4, -0.2) is 47.9 Å². The van der Waals surface area contributed by atoms with Gasteiger partial charge in [-0.15, -0.1) is 11.3 Å². The Labute approximate surface area is 163 Å².